The summed E-state index contributed by atoms with van der Waals surface area (Å²) in [6, 6.07) is 0. The van der Waals surface area contributed by atoms with Gasteiger partial charge in [-0.1, -0.05) is 413 Å². The largest absolute Gasteiger partial charge is 0.472 e. The van der Waals surface area contributed by atoms with Crippen molar-refractivity contribution in [2.75, 3.05) is 39.6 Å². The second kappa shape index (κ2) is 78.7. The first-order valence-electron chi connectivity index (χ1n) is 44.7. The Hall–Kier alpha value is -1.94. The van der Waals surface area contributed by atoms with Crippen LogP contribution in [0.4, 0.5) is 0 Å². The smallest absolute Gasteiger partial charge is 0.462 e. The van der Waals surface area contributed by atoms with Crippen molar-refractivity contribution >= 4 is 39.5 Å². The van der Waals surface area contributed by atoms with Gasteiger partial charge < -0.3 is 33.8 Å². The number of phosphoric acid groups is 2. The van der Waals surface area contributed by atoms with Crippen molar-refractivity contribution in [2.45, 2.75) is 483 Å². The minimum absolute atomic E-state index is 0.106. The molecule has 6 atom stereocenters. The summed E-state index contributed by atoms with van der Waals surface area (Å²) in [6.07, 6.45) is 72.6. The Morgan fingerprint density at radius 3 is 0.676 bits per heavy atom. The van der Waals surface area contributed by atoms with Crippen LogP contribution in [-0.2, 0) is 65.4 Å². The van der Waals surface area contributed by atoms with E-state index in [0.717, 1.165) is 109 Å². The van der Waals surface area contributed by atoms with E-state index in [1.807, 2.05) is 0 Å². The number of rotatable bonds is 86. The molecule has 0 aromatic rings. The van der Waals surface area contributed by atoms with Gasteiger partial charge >= 0.3 is 39.5 Å². The highest BCUT2D eigenvalue weighted by atomic mass is 31.2. The normalized spacial score (nSPS) is 14.0. The molecule has 0 aliphatic heterocycles. The van der Waals surface area contributed by atoms with Gasteiger partial charge in [-0.25, -0.2) is 9.13 Å². The Balaban J connectivity index is 5.14. The average Bonchev–Trinajstić information content (AvgIpc) is 0.914. The summed E-state index contributed by atoms with van der Waals surface area (Å²) in [7, 11) is -9.92. The van der Waals surface area contributed by atoms with E-state index < -0.39 is 97.5 Å². The summed E-state index contributed by atoms with van der Waals surface area (Å²) in [6.45, 7) is 7.33. The van der Waals surface area contributed by atoms with Crippen LogP contribution in [0, 0.1) is 5.92 Å². The topological polar surface area (TPSA) is 237 Å². The number of carbonyl (C=O) groups excluding carboxylic acids is 4. The van der Waals surface area contributed by atoms with E-state index in [1.54, 1.807) is 0 Å². The number of hydrogen-bond acceptors (Lipinski definition) is 15. The molecular formula is C86H168O17P2. The van der Waals surface area contributed by atoms with E-state index in [0.29, 0.717) is 25.7 Å². The maximum atomic E-state index is 13.1. The van der Waals surface area contributed by atoms with Gasteiger partial charge in [0, 0.05) is 25.7 Å². The van der Waals surface area contributed by atoms with Crippen LogP contribution in [0.1, 0.15) is 465 Å². The van der Waals surface area contributed by atoms with Gasteiger partial charge in [0.15, 0.2) is 12.2 Å². The minimum atomic E-state index is -4.96. The Kier molecular flexibility index (Phi) is 77.3. The first-order chi connectivity index (χ1) is 51.1. The van der Waals surface area contributed by atoms with Gasteiger partial charge in [-0.3, -0.25) is 37.3 Å². The highest BCUT2D eigenvalue weighted by molar-refractivity contribution is 7.47. The first-order valence-corrected chi connectivity index (χ1v) is 47.7. The second-order valence-corrected chi connectivity index (χ2v) is 34.1. The summed E-state index contributed by atoms with van der Waals surface area (Å²) in [5.74, 6) is -1.31. The maximum absolute atomic E-state index is 13.1. The van der Waals surface area contributed by atoms with E-state index in [4.69, 9.17) is 37.0 Å². The van der Waals surface area contributed by atoms with Gasteiger partial charge in [-0.05, 0) is 31.6 Å². The van der Waals surface area contributed by atoms with Gasteiger partial charge in [0.1, 0.15) is 19.3 Å². The molecule has 19 heteroatoms. The molecule has 624 valence electrons. The maximum Gasteiger partial charge on any atom is 0.472 e. The van der Waals surface area contributed by atoms with Crippen molar-refractivity contribution in [1.29, 1.82) is 0 Å². The zero-order valence-electron chi connectivity index (χ0n) is 68.9. The lowest BCUT2D eigenvalue weighted by molar-refractivity contribution is -0.161. The van der Waals surface area contributed by atoms with Crippen LogP contribution >= 0.6 is 15.6 Å². The van der Waals surface area contributed by atoms with Crippen molar-refractivity contribution in [3.63, 3.8) is 0 Å². The highest BCUT2D eigenvalue weighted by Gasteiger charge is 2.30. The number of aliphatic hydroxyl groups excluding tert-OH is 1. The second-order valence-electron chi connectivity index (χ2n) is 31.2. The molecule has 0 heterocycles. The molecule has 0 radical (unpaired) electrons. The molecule has 0 rings (SSSR count). The molecule has 17 nitrogen and oxygen atoms in total. The molecule has 0 fully saturated rings. The predicted octanol–water partition coefficient (Wildman–Crippen LogP) is 26.4. The summed E-state index contributed by atoms with van der Waals surface area (Å²) >= 11 is 0. The van der Waals surface area contributed by atoms with Gasteiger partial charge in [0.05, 0.1) is 26.4 Å². The molecule has 0 aliphatic rings. The van der Waals surface area contributed by atoms with Crippen LogP contribution in [-0.4, -0.2) is 96.7 Å². The molecule has 0 spiro atoms. The lowest BCUT2D eigenvalue weighted by atomic mass is 9.99. The molecule has 0 aliphatic carbocycles. The van der Waals surface area contributed by atoms with Crippen LogP contribution in [0.15, 0.2) is 0 Å². The standard InChI is InChI=1S/C86H168O17P2/c1-6-10-13-16-19-21-23-25-27-29-31-33-35-37-39-41-43-45-50-55-60-65-70-84(89)97-76-82(103-85(90)71-66-61-56-51-46-44-42-40-38-36-34-32-30-28-26-24-22-20-17-14-11-7-2)78-101-105(94,95)99-74-80(87)73-98-104(92,93)100-77-81(75-96-83(88)69-64-59-53-18-15-12-8-3)102-86(91)72-67-62-57-52-48-47-49-54-58-63-68-79(5)9-4/h79-82,87H,6-78H2,1-5H3,(H,92,93)(H,94,95)/t79?,80-,81+,82+/m0/s1. The minimum Gasteiger partial charge on any atom is -0.462 e. The van der Waals surface area contributed by atoms with Crippen LogP contribution in [0.5, 0.6) is 0 Å². The zero-order valence-corrected chi connectivity index (χ0v) is 70.7. The fraction of sp³-hybridized carbons (Fsp3) is 0.953. The zero-order chi connectivity index (χ0) is 76.9. The van der Waals surface area contributed by atoms with Gasteiger partial charge in [-0.2, -0.15) is 0 Å². The quantitative estimate of drug-likeness (QED) is 0.0222. The number of hydrogen-bond donors (Lipinski definition) is 3. The molecule has 0 amide bonds. The lowest BCUT2D eigenvalue weighted by Crippen LogP contribution is -2.30. The molecule has 0 saturated heterocycles. The van der Waals surface area contributed by atoms with E-state index in [2.05, 4.69) is 34.6 Å². The fourth-order valence-electron chi connectivity index (χ4n) is 13.4. The van der Waals surface area contributed by atoms with Crippen LogP contribution < -0.4 is 0 Å². The van der Waals surface area contributed by atoms with Crippen molar-refractivity contribution in [3.05, 3.63) is 0 Å². The molecule has 0 saturated carbocycles. The van der Waals surface area contributed by atoms with Gasteiger partial charge in [-0.15, -0.1) is 0 Å². The lowest BCUT2D eigenvalue weighted by Gasteiger charge is -2.21. The van der Waals surface area contributed by atoms with Gasteiger partial charge in [0.25, 0.3) is 0 Å². The van der Waals surface area contributed by atoms with Crippen molar-refractivity contribution < 1.29 is 80.2 Å². The monoisotopic (exact) mass is 1540 g/mol. The summed E-state index contributed by atoms with van der Waals surface area (Å²) in [5.41, 5.74) is 0. The molecule has 0 bridgehead atoms. The third kappa shape index (κ3) is 78.5. The number of aliphatic hydroxyl groups is 1. The van der Waals surface area contributed by atoms with Crippen molar-refractivity contribution in [3.8, 4) is 0 Å². The number of unbranched alkanes of at least 4 members (excludes halogenated alkanes) is 57. The molecule has 3 unspecified atom stereocenters. The number of carbonyl (C=O) groups is 4. The Morgan fingerprint density at radius 1 is 0.267 bits per heavy atom. The summed E-state index contributed by atoms with van der Waals surface area (Å²) in [4.78, 5) is 73.0. The molecule has 0 aromatic carbocycles. The summed E-state index contributed by atoms with van der Waals surface area (Å²) < 4.78 is 68.7. The van der Waals surface area contributed by atoms with Crippen LogP contribution in [0.3, 0.4) is 0 Å². The first kappa shape index (κ1) is 103. The van der Waals surface area contributed by atoms with Crippen molar-refractivity contribution in [1.82, 2.24) is 0 Å². The molecule has 0 aromatic heterocycles. The predicted molar refractivity (Wildman–Crippen MR) is 432 cm³/mol. The van der Waals surface area contributed by atoms with E-state index in [-0.39, 0.29) is 25.7 Å². The van der Waals surface area contributed by atoms with Crippen molar-refractivity contribution in [2.24, 2.45) is 5.92 Å². The van der Waals surface area contributed by atoms with E-state index in [9.17, 15) is 43.2 Å². The Labute approximate surface area is 645 Å². The molecular weight excluding hydrogens is 1370 g/mol. The SMILES string of the molecule is CCCCCCCCCCCCCCCCCCCCCCCCC(=O)OC[C@H](COP(=O)(O)OC[C@@H](O)COP(=O)(O)OC[C@@H](COC(=O)CCCCCCCCC)OC(=O)CCCCCCCCCCCCC(C)CC)OC(=O)CCCCCCCCCCCCCCCCCCCCCCCC. The average molecular weight is 1540 g/mol. The summed E-state index contributed by atoms with van der Waals surface area (Å²) in [5, 5.41) is 10.6. The third-order valence-electron chi connectivity index (χ3n) is 20.6. The number of esters is 4. The number of phosphoric ester groups is 2. The van der Waals surface area contributed by atoms with E-state index >= 15 is 0 Å². The highest BCUT2D eigenvalue weighted by Crippen LogP contribution is 2.45. The Morgan fingerprint density at radius 2 is 0.457 bits per heavy atom. The number of ether oxygens (including phenoxy) is 4. The van der Waals surface area contributed by atoms with Gasteiger partial charge in [0.2, 0.25) is 0 Å². The van der Waals surface area contributed by atoms with Crippen LogP contribution in [0.25, 0.3) is 0 Å². The van der Waals surface area contributed by atoms with E-state index in [1.165, 1.54) is 276 Å². The fourth-order valence-corrected chi connectivity index (χ4v) is 15.0. The molecule has 105 heavy (non-hydrogen) atoms. The third-order valence-corrected chi connectivity index (χ3v) is 22.5. The molecule has 3 N–H and O–H groups in total. The Bertz CT molecular complexity index is 2000. The van der Waals surface area contributed by atoms with Crippen LogP contribution in [0.2, 0.25) is 0 Å².